The molecule has 0 aliphatic rings. The van der Waals surface area contributed by atoms with Crippen molar-refractivity contribution < 1.29 is 4.74 Å². The van der Waals surface area contributed by atoms with Crippen molar-refractivity contribution in [2.45, 2.75) is 52.5 Å². The van der Waals surface area contributed by atoms with E-state index in [9.17, 15) is 0 Å². The van der Waals surface area contributed by atoms with Crippen LogP contribution in [0.4, 0.5) is 0 Å². The van der Waals surface area contributed by atoms with Gasteiger partial charge in [0.1, 0.15) is 5.75 Å². The van der Waals surface area contributed by atoms with Crippen LogP contribution in [-0.4, -0.2) is 13.7 Å². The number of aryl methyl sites for hydroxylation is 1. The maximum atomic E-state index is 5.83. The van der Waals surface area contributed by atoms with E-state index in [1.54, 1.807) is 0 Å². The number of unbranched alkanes of at least 4 members (excludes halogenated alkanes) is 3. The van der Waals surface area contributed by atoms with Gasteiger partial charge >= 0.3 is 0 Å². The van der Waals surface area contributed by atoms with Gasteiger partial charge in [-0.1, -0.05) is 38.3 Å². The van der Waals surface area contributed by atoms with Crippen LogP contribution in [0.25, 0.3) is 0 Å². The van der Waals surface area contributed by atoms with E-state index in [-0.39, 0.29) is 0 Å². The predicted octanol–water partition coefficient (Wildman–Crippen LogP) is 4.23. The highest BCUT2D eigenvalue weighted by Gasteiger charge is 2.05. The highest BCUT2D eigenvalue weighted by molar-refractivity contribution is 5.37. The molecule has 1 aromatic rings. The van der Waals surface area contributed by atoms with Gasteiger partial charge in [-0.25, -0.2) is 0 Å². The summed E-state index contributed by atoms with van der Waals surface area (Å²) >= 11 is 0. The molecule has 1 N–H and O–H groups in total. The summed E-state index contributed by atoms with van der Waals surface area (Å²) in [5.41, 5.74) is 2.54. The summed E-state index contributed by atoms with van der Waals surface area (Å²) in [7, 11) is 1.98. The highest BCUT2D eigenvalue weighted by Crippen LogP contribution is 2.22. The van der Waals surface area contributed by atoms with Crippen LogP contribution in [0.2, 0.25) is 0 Å². The molecule has 0 radical (unpaired) electrons. The zero-order valence-electron chi connectivity index (χ0n) is 12.3. The van der Waals surface area contributed by atoms with Gasteiger partial charge in [-0.3, -0.25) is 0 Å². The third kappa shape index (κ3) is 4.69. The molecule has 0 spiro atoms. The molecule has 1 unspecified atom stereocenters. The van der Waals surface area contributed by atoms with Crippen molar-refractivity contribution in [1.29, 1.82) is 0 Å². The second kappa shape index (κ2) is 8.15. The Morgan fingerprint density at radius 2 is 2.00 bits per heavy atom. The molecule has 0 saturated carbocycles. The second-order valence-electron chi connectivity index (χ2n) is 4.94. The van der Waals surface area contributed by atoms with Crippen LogP contribution < -0.4 is 10.1 Å². The second-order valence-corrected chi connectivity index (χ2v) is 4.94. The standard InChI is InChI=1S/C16H27NO/c1-5-6-7-8-11-18-16-10-9-15(12-13(16)2)14(3)17-4/h9-10,12,14,17H,5-8,11H2,1-4H3. The van der Waals surface area contributed by atoms with Crippen molar-refractivity contribution in [1.82, 2.24) is 5.32 Å². The molecule has 0 bridgehead atoms. The fraction of sp³-hybridized carbons (Fsp3) is 0.625. The van der Waals surface area contributed by atoms with Crippen LogP contribution in [0.3, 0.4) is 0 Å². The van der Waals surface area contributed by atoms with E-state index in [2.05, 4.69) is 44.3 Å². The van der Waals surface area contributed by atoms with Crippen LogP contribution in [0.1, 0.15) is 56.7 Å². The summed E-state index contributed by atoms with van der Waals surface area (Å²) in [6.45, 7) is 7.35. The van der Waals surface area contributed by atoms with Crippen LogP contribution in [0.15, 0.2) is 18.2 Å². The first-order valence-corrected chi connectivity index (χ1v) is 7.09. The highest BCUT2D eigenvalue weighted by atomic mass is 16.5. The van der Waals surface area contributed by atoms with Crippen molar-refractivity contribution >= 4 is 0 Å². The molecule has 0 fully saturated rings. The van der Waals surface area contributed by atoms with E-state index in [4.69, 9.17) is 4.74 Å². The lowest BCUT2D eigenvalue weighted by molar-refractivity contribution is 0.303. The largest absolute Gasteiger partial charge is 0.493 e. The summed E-state index contributed by atoms with van der Waals surface area (Å²) in [5.74, 6) is 1.03. The molecule has 2 heteroatoms. The first-order valence-electron chi connectivity index (χ1n) is 7.09. The molecule has 1 aromatic carbocycles. The SMILES string of the molecule is CCCCCCOc1ccc(C(C)NC)cc1C. The van der Waals surface area contributed by atoms with Crippen molar-refractivity contribution in [2.75, 3.05) is 13.7 Å². The Bertz CT molecular complexity index is 349. The van der Waals surface area contributed by atoms with E-state index < -0.39 is 0 Å². The van der Waals surface area contributed by atoms with E-state index in [0.29, 0.717) is 6.04 Å². The van der Waals surface area contributed by atoms with E-state index >= 15 is 0 Å². The number of hydrogen-bond acceptors (Lipinski definition) is 2. The zero-order chi connectivity index (χ0) is 13.4. The molecule has 0 heterocycles. The van der Waals surface area contributed by atoms with E-state index in [1.165, 1.54) is 30.4 Å². The molecule has 0 aliphatic carbocycles. The van der Waals surface area contributed by atoms with Gasteiger partial charge in [0.15, 0.2) is 0 Å². The molecule has 1 atom stereocenters. The maximum absolute atomic E-state index is 5.83. The molecule has 0 saturated heterocycles. The molecule has 18 heavy (non-hydrogen) atoms. The molecule has 102 valence electrons. The Kier molecular flexibility index (Phi) is 6.81. The smallest absolute Gasteiger partial charge is 0.122 e. The lowest BCUT2D eigenvalue weighted by atomic mass is 10.1. The van der Waals surface area contributed by atoms with Gasteiger partial charge in [-0.05, 0) is 44.5 Å². The monoisotopic (exact) mass is 249 g/mol. The Morgan fingerprint density at radius 3 is 2.61 bits per heavy atom. The van der Waals surface area contributed by atoms with Crippen molar-refractivity contribution in [3.05, 3.63) is 29.3 Å². The Labute approximate surface area is 112 Å². The van der Waals surface area contributed by atoms with Gasteiger partial charge < -0.3 is 10.1 Å². The first kappa shape index (κ1) is 15.0. The minimum absolute atomic E-state index is 0.391. The average molecular weight is 249 g/mol. The van der Waals surface area contributed by atoms with E-state index in [0.717, 1.165) is 18.8 Å². The molecule has 0 amide bonds. The summed E-state index contributed by atoms with van der Waals surface area (Å²) < 4.78 is 5.83. The van der Waals surface area contributed by atoms with Gasteiger partial charge in [-0.2, -0.15) is 0 Å². The van der Waals surface area contributed by atoms with Crippen LogP contribution in [0, 0.1) is 6.92 Å². The van der Waals surface area contributed by atoms with Gasteiger partial charge in [0.2, 0.25) is 0 Å². The number of nitrogens with one attached hydrogen (secondary N) is 1. The quantitative estimate of drug-likeness (QED) is 0.696. The molecular weight excluding hydrogens is 222 g/mol. The zero-order valence-corrected chi connectivity index (χ0v) is 12.3. The maximum Gasteiger partial charge on any atom is 0.122 e. The number of hydrogen-bond donors (Lipinski definition) is 1. The Morgan fingerprint density at radius 1 is 1.22 bits per heavy atom. The van der Waals surface area contributed by atoms with Crippen LogP contribution in [0.5, 0.6) is 5.75 Å². The molecule has 1 rings (SSSR count). The summed E-state index contributed by atoms with van der Waals surface area (Å²) in [6.07, 6.45) is 5.00. The third-order valence-electron chi connectivity index (χ3n) is 3.39. The molecule has 2 nitrogen and oxygen atoms in total. The first-order chi connectivity index (χ1) is 8.69. The van der Waals surface area contributed by atoms with E-state index in [1.807, 2.05) is 7.05 Å². The number of benzene rings is 1. The van der Waals surface area contributed by atoms with Crippen molar-refractivity contribution in [3.63, 3.8) is 0 Å². The Hall–Kier alpha value is -1.02. The Balaban J connectivity index is 2.47. The average Bonchev–Trinajstić information content (AvgIpc) is 2.39. The fourth-order valence-electron chi connectivity index (χ4n) is 1.98. The predicted molar refractivity (Wildman–Crippen MR) is 78.3 cm³/mol. The van der Waals surface area contributed by atoms with Crippen LogP contribution >= 0.6 is 0 Å². The van der Waals surface area contributed by atoms with Crippen molar-refractivity contribution in [2.24, 2.45) is 0 Å². The minimum atomic E-state index is 0.391. The topological polar surface area (TPSA) is 21.3 Å². The van der Waals surface area contributed by atoms with Crippen LogP contribution in [-0.2, 0) is 0 Å². The van der Waals surface area contributed by atoms with Crippen molar-refractivity contribution in [3.8, 4) is 5.75 Å². The minimum Gasteiger partial charge on any atom is -0.493 e. The van der Waals surface area contributed by atoms with Gasteiger partial charge in [0, 0.05) is 6.04 Å². The third-order valence-corrected chi connectivity index (χ3v) is 3.39. The molecule has 0 aliphatic heterocycles. The lowest BCUT2D eigenvalue weighted by Crippen LogP contribution is -2.12. The van der Waals surface area contributed by atoms with Gasteiger partial charge in [-0.15, -0.1) is 0 Å². The summed E-state index contributed by atoms with van der Waals surface area (Å²) in [6, 6.07) is 6.85. The lowest BCUT2D eigenvalue weighted by Gasteiger charge is -2.14. The fourth-order valence-corrected chi connectivity index (χ4v) is 1.98. The van der Waals surface area contributed by atoms with Gasteiger partial charge in [0.05, 0.1) is 6.61 Å². The normalized spacial score (nSPS) is 12.4. The molecule has 0 aromatic heterocycles. The number of rotatable bonds is 8. The van der Waals surface area contributed by atoms with Gasteiger partial charge in [0.25, 0.3) is 0 Å². The summed E-state index contributed by atoms with van der Waals surface area (Å²) in [5, 5.41) is 3.25. The number of ether oxygens (including phenoxy) is 1. The molecular formula is C16H27NO. The summed E-state index contributed by atoms with van der Waals surface area (Å²) in [4.78, 5) is 0.